The van der Waals surface area contributed by atoms with E-state index in [0.29, 0.717) is 5.78 Å². The summed E-state index contributed by atoms with van der Waals surface area (Å²) in [6.45, 7) is 6.48. The van der Waals surface area contributed by atoms with Crippen LogP contribution < -0.4 is 5.56 Å². The number of fused-ring (bicyclic) bond motifs is 4. The largest absolute Gasteiger partial charge is 0.268 e. The highest BCUT2D eigenvalue weighted by Crippen LogP contribution is 2.40. The lowest BCUT2D eigenvalue weighted by atomic mass is 9.72. The Bertz CT molecular complexity index is 1060. The van der Waals surface area contributed by atoms with Crippen molar-refractivity contribution in [1.82, 2.24) is 19.2 Å². The molecule has 4 rings (SSSR count). The van der Waals surface area contributed by atoms with Crippen molar-refractivity contribution in [2.24, 2.45) is 7.05 Å². The van der Waals surface area contributed by atoms with E-state index in [9.17, 15) is 4.79 Å². The molecule has 0 bridgehead atoms. The van der Waals surface area contributed by atoms with Gasteiger partial charge in [-0.2, -0.15) is 0 Å². The SMILES string of the molecule is CCCCCSc1nn(C)c2nc3c(c(=O)n12)C(C)(C)Cc1ccccc1-3. The average Bonchev–Trinajstić information content (AvgIpc) is 2.94. The molecule has 0 saturated carbocycles. The second-order valence-electron chi connectivity index (χ2n) is 7.96. The van der Waals surface area contributed by atoms with Gasteiger partial charge in [-0.3, -0.25) is 4.79 Å². The molecule has 0 amide bonds. The number of hydrogen-bond acceptors (Lipinski definition) is 4. The van der Waals surface area contributed by atoms with E-state index in [0.717, 1.165) is 40.6 Å². The number of hydrogen-bond donors (Lipinski definition) is 0. The Morgan fingerprint density at radius 2 is 2.00 bits per heavy atom. The van der Waals surface area contributed by atoms with E-state index < -0.39 is 0 Å². The van der Waals surface area contributed by atoms with Gasteiger partial charge in [0.1, 0.15) is 0 Å². The lowest BCUT2D eigenvalue weighted by molar-refractivity contribution is 0.505. The molecule has 6 heteroatoms. The maximum absolute atomic E-state index is 13.6. The Labute approximate surface area is 163 Å². The second-order valence-corrected chi connectivity index (χ2v) is 9.02. The van der Waals surface area contributed by atoms with Crippen LogP contribution >= 0.6 is 11.8 Å². The zero-order valence-electron chi connectivity index (χ0n) is 16.5. The van der Waals surface area contributed by atoms with E-state index in [1.54, 1.807) is 20.8 Å². The summed E-state index contributed by atoms with van der Waals surface area (Å²) in [5.74, 6) is 1.58. The smallest absolute Gasteiger partial charge is 0.265 e. The lowest BCUT2D eigenvalue weighted by Crippen LogP contribution is -2.36. The van der Waals surface area contributed by atoms with Gasteiger partial charge in [0, 0.05) is 23.8 Å². The monoisotopic (exact) mass is 382 g/mol. The van der Waals surface area contributed by atoms with Crippen LogP contribution in [0.4, 0.5) is 0 Å². The molecular formula is C21H26N4OS. The van der Waals surface area contributed by atoms with Gasteiger partial charge < -0.3 is 0 Å². The van der Waals surface area contributed by atoms with Crippen LogP contribution in [0.2, 0.25) is 0 Å². The number of aromatic nitrogens is 4. The zero-order chi connectivity index (χ0) is 19.2. The van der Waals surface area contributed by atoms with Crippen molar-refractivity contribution in [2.75, 3.05) is 5.75 Å². The summed E-state index contributed by atoms with van der Waals surface area (Å²) < 4.78 is 3.44. The first-order valence-electron chi connectivity index (χ1n) is 9.65. The van der Waals surface area contributed by atoms with Crippen LogP contribution in [0.25, 0.3) is 17.0 Å². The zero-order valence-corrected chi connectivity index (χ0v) is 17.3. The number of unbranched alkanes of at least 4 members (excludes halogenated alkanes) is 2. The maximum Gasteiger partial charge on any atom is 0.265 e. The van der Waals surface area contributed by atoms with E-state index in [4.69, 9.17) is 4.98 Å². The Balaban J connectivity index is 1.92. The molecule has 0 N–H and O–H groups in total. The molecule has 2 aromatic heterocycles. The summed E-state index contributed by atoms with van der Waals surface area (Å²) in [5, 5.41) is 5.35. The second kappa shape index (κ2) is 6.82. The van der Waals surface area contributed by atoms with Gasteiger partial charge in [0.15, 0.2) is 5.16 Å². The molecule has 0 fully saturated rings. The van der Waals surface area contributed by atoms with E-state index in [2.05, 4.69) is 44.1 Å². The van der Waals surface area contributed by atoms with Gasteiger partial charge >= 0.3 is 0 Å². The third-order valence-corrected chi connectivity index (χ3v) is 6.36. The number of benzene rings is 1. The topological polar surface area (TPSA) is 52.2 Å². The number of aryl methyl sites for hydroxylation is 1. The minimum absolute atomic E-state index is 0.0283. The molecule has 5 nitrogen and oxygen atoms in total. The van der Waals surface area contributed by atoms with Crippen molar-refractivity contribution in [1.29, 1.82) is 0 Å². The van der Waals surface area contributed by atoms with E-state index in [1.807, 2.05) is 13.1 Å². The van der Waals surface area contributed by atoms with Crippen LogP contribution in [0.15, 0.2) is 34.2 Å². The van der Waals surface area contributed by atoms with E-state index >= 15 is 0 Å². The first-order valence-corrected chi connectivity index (χ1v) is 10.6. The summed E-state index contributed by atoms with van der Waals surface area (Å²) in [6, 6.07) is 8.29. The molecule has 27 heavy (non-hydrogen) atoms. The fraction of sp³-hybridized carbons (Fsp3) is 0.476. The molecule has 1 aromatic carbocycles. The lowest BCUT2D eigenvalue weighted by Gasteiger charge is -2.32. The van der Waals surface area contributed by atoms with Gasteiger partial charge in [0.05, 0.1) is 11.3 Å². The van der Waals surface area contributed by atoms with Gasteiger partial charge in [-0.1, -0.05) is 69.6 Å². The Morgan fingerprint density at radius 1 is 1.22 bits per heavy atom. The van der Waals surface area contributed by atoms with Crippen molar-refractivity contribution >= 4 is 17.5 Å². The Kier molecular flexibility index (Phi) is 4.62. The normalized spacial score (nSPS) is 15.0. The number of rotatable bonds is 5. The highest BCUT2D eigenvalue weighted by atomic mass is 32.2. The predicted octanol–water partition coefficient (Wildman–Crippen LogP) is 4.21. The van der Waals surface area contributed by atoms with Gasteiger partial charge in [0.2, 0.25) is 5.78 Å². The Morgan fingerprint density at radius 3 is 2.78 bits per heavy atom. The van der Waals surface area contributed by atoms with Gasteiger partial charge in [0.25, 0.3) is 5.56 Å². The van der Waals surface area contributed by atoms with Crippen molar-refractivity contribution < 1.29 is 0 Å². The van der Waals surface area contributed by atoms with Crippen LogP contribution in [0.3, 0.4) is 0 Å². The predicted molar refractivity (Wildman–Crippen MR) is 111 cm³/mol. The highest BCUT2D eigenvalue weighted by Gasteiger charge is 2.36. The summed E-state index contributed by atoms with van der Waals surface area (Å²) in [7, 11) is 1.87. The third-order valence-electron chi connectivity index (χ3n) is 5.34. The molecule has 0 spiro atoms. The van der Waals surface area contributed by atoms with Crippen LogP contribution in [0.1, 0.15) is 51.2 Å². The maximum atomic E-state index is 13.6. The fourth-order valence-corrected chi connectivity index (χ4v) is 5.01. The minimum Gasteiger partial charge on any atom is -0.268 e. The number of nitrogens with zero attached hydrogens (tertiary/aromatic N) is 4. The van der Waals surface area contributed by atoms with Gasteiger partial charge in [-0.05, 0) is 18.4 Å². The molecule has 0 atom stereocenters. The van der Waals surface area contributed by atoms with E-state index in [-0.39, 0.29) is 11.0 Å². The fourth-order valence-electron chi connectivity index (χ4n) is 4.00. The molecule has 0 saturated heterocycles. The number of thioether (sulfide) groups is 1. The summed E-state index contributed by atoms with van der Waals surface area (Å²) >= 11 is 1.65. The van der Waals surface area contributed by atoms with Crippen LogP contribution in [0, 0.1) is 0 Å². The standard InChI is InChI=1S/C21H26N4OS/c1-5-6-9-12-27-20-23-24(4)19-22-17-15-11-8-7-10-14(15)13-21(2,3)16(17)18(26)25(19)20/h7-8,10-11H,5-6,9,12-13H2,1-4H3. The van der Waals surface area contributed by atoms with Crippen molar-refractivity contribution in [3.63, 3.8) is 0 Å². The highest BCUT2D eigenvalue weighted by molar-refractivity contribution is 7.99. The van der Waals surface area contributed by atoms with Crippen molar-refractivity contribution in [3.8, 4) is 11.3 Å². The van der Waals surface area contributed by atoms with Crippen molar-refractivity contribution in [2.45, 2.75) is 57.0 Å². The molecule has 142 valence electrons. The first kappa shape index (κ1) is 18.3. The molecule has 2 heterocycles. The molecular weight excluding hydrogens is 356 g/mol. The van der Waals surface area contributed by atoms with Crippen LogP contribution in [-0.4, -0.2) is 24.9 Å². The van der Waals surface area contributed by atoms with Crippen LogP contribution in [-0.2, 0) is 18.9 Å². The molecule has 0 unspecified atom stereocenters. The summed E-state index contributed by atoms with van der Waals surface area (Å²) in [5.41, 5.74) is 3.72. The average molecular weight is 383 g/mol. The molecule has 1 aliphatic carbocycles. The van der Waals surface area contributed by atoms with Crippen molar-refractivity contribution in [3.05, 3.63) is 45.7 Å². The quantitative estimate of drug-likeness (QED) is 0.490. The Hall–Kier alpha value is -2.08. The molecule has 3 aromatic rings. The summed E-state index contributed by atoms with van der Waals surface area (Å²) in [6.07, 6.45) is 4.36. The van der Waals surface area contributed by atoms with Gasteiger partial charge in [-0.25, -0.2) is 14.1 Å². The van der Waals surface area contributed by atoms with Gasteiger partial charge in [-0.15, -0.1) is 5.10 Å². The summed E-state index contributed by atoms with van der Waals surface area (Å²) in [4.78, 5) is 18.5. The van der Waals surface area contributed by atoms with Crippen LogP contribution in [0.5, 0.6) is 0 Å². The first-order chi connectivity index (χ1) is 12.9. The minimum atomic E-state index is -0.255. The molecule has 0 radical (unpaired) electrons. The molecule has 0 aliphatic heterocycles. The van der Waals surface area contributed by atoms with E-state index in [1.165, 1.54) is 18.4 Å². The molecule has 1 aliphatic rings. The third kappa shape index (κ3) is 3.00.